The number of carbonyl (C=O) groups excluding carboxylic acids is 2. The topological polar surface area (TPSA) is 52.6 Å². The number of unbranched alkanes of at least 4 members (excludes halogenated alkanes) is 11. The molecule has 5 heteroatoms. The van der Waals surface area contributed by atoms with Gasteiger partial charge in [-0.3, -0.25) is 9.59 Å². The minimum Gasteiger partial charge on any atom is -0.465 e. The van der Waals surface area contributed by atoms with Crippen molar-refractivity contribution < 1.29 is 19.1 Å². The Hall–Kier alpha value is -0.770. The van der Waals surface area contributed by atoms with E-state index in [4.69, 9.17) is 21.1 Å². The van der Waals surface area contributed by atoms with Gasteiger partial charge < -0.3 is 9.47 Å². The Morgan fingerprint density at radius 2 is 1.10 bits per heavy atom. The van der Waals surface area contributed by atoms with Crippen molar-refractivity contribution in [1.82, 2.24) is 0 Å². The molecule has 29 heavy (non-hydrogen) atoms. The zero-order valence-electron chi connectivity index (χ0n) is 18.6. The van der Waals surface area contributed by atoms with Gasteiger partial charge in [-0.15, -0.1) is 11.6 Å². The summed E-state index contributed by atoms with van der Waals surface area (Å²) in [4.78, 5) is 24.6. The van der Waals surface area contributed by atoms with Gasteiger partial charge in [-0.25, -0.2) is 0 Å². The predicted octanol–water partition coefficient (Wildman–Crippen LogP) is 6.82. The third-order valence-electron chi connectivity index (χ3n) is 5.94. The highest BCUT2D eigenvalue weighted by molar-refractivity contribution is 6.18. The molecule has 0 aromatic heterocycles. The molecular weight excluding hydrogens is 388 g/mol. The summed E-state index contributed by atoms with van der Waals surface area (Å²) in [5.41, 5.74) is 0. The molecule has 0 aromatic carbocycles. The van der Waals surface area contributed by atoms with Crippen LogP contribution in [0.15, 0.2) is 0 Å². The van der Waals surface area contributed by atoms with Crippen LogP contribution in [0.25, 0.3) is 0 Å². The molecule has 0 aliphatic heterocycles. The first-order valence-corrected chi connectivity index (χ1v) is 12.6. The first-order valence-electron chi connectivity index (χ1n) is 12.1. The maximum Gasteiger partial charge on any atom is 0.309 e. The largest absolute Gasteiger partial charge is 0.465 e. The lowest BCUT2D eigenvalue weighted by Crippen LogP contribution is -2.35. The molecule has 0 N–H and O–H groups in total. The SMILES string of the molecule is CCCCCCCCCCCCCCOC(=O)C1CCCCC1C(=O)OCCCl. The molecule has 1 rings (SSSR count). The Labute approximate surface area is 183 Å². The lowest BCUT2D eigenvalue weighted by molar-refractivity contribution is -0.162. The van der Waals surface area contributed by atoms with Gasteiger partial charge in [0.15, 0.2) is 0 Å². The number of ether oxygens (including phenoxy) is 2. The van der Waals surface area contributed by atoms with Gasteiger partial charge >= 0.3 is 11.9 Å². The fourth-order valence-corrected chi connectivity index (χ4v) is 4.24. The molecule has 1 fully saturated rings. The molecule has 2 atom stereocenters. The molecule has 0 bridgehead atoms. The van der Waals surface area contributed by atoms with Crippen LogP contribution in [0, 0.1) is 11.8 Å². The van der Waals surface area contributed by atoms with E-state index in [-0.39, 0.29) is 36.3 Å². The van der Waals surface area contributed by atoms with Gasteiger partial charge in [0.2, 0.25) is 0 Å². The van der Waals surface area contributed by atoms with E-state index in [1.54, 1.807) is 0 Å². The fourth-order valence-electron chi connectivity index (χ4n) is 4.16. The summed E-state index contributed by atoms with van der Waals surface area (Å²) >= 11 is 5.58. The van der Waals surface area contributed by atoms with Crippen molar-refractivity contribution in [3.63, 3.8) is 0 Å². The molecule has 0 spiro atoms. The van der Waals surface area contributed by atoms with Crippen LogP contribution in [0.1, 0.15) is 110 Å². The second-order valence-electron chi connectivity index (χ2n) is 8.41. The van der Waals surface area contributed by atoms with Crippen molar-refractivity contribution in [3.05, 3.63) is 0 Å². The van der Waals surface area contributed by atoms with Crippen LogP contribution in [0.4, 0.5) is 0 Å². The summed E-state index contributed by atoms with van der Waals surface area (Å²) in [7, 11) is 0. The molecule has 0 radical (unpaired) electrons. The van der Waals surface area contributed by atoms with Crippen LogP contribution in [-0.2, 0) is 19.1 Å². The highest BCUT2D eigenvalue weighted by atomic mass is 35.5. The van der Waals surface area contributed by atoms with Gasteiger partial charge in [0.1, 0.15) is 6.61 Å². The van der Waals surface area contributed by atoms with E-state index in [1.807, 2.05) is 0 Å². The molecule has 170 valence electrons. The molecule has 0 heterocycles. The minimum atomic E-state index is -0.360. The van der Waals surface area contributed by atoms with E-state index in [9.17, 15) is 9.59 Å². The quantitative estimate of drug-likeness (QED) is 0.144. The summed E-state index contributed by atoms with van der Waals surface area (Å²) in [6.07, 6.45) is 18.8. The van der Waals surface area contributed by atoms with E-state index >= 15 is 0 Å². The Bertz CT molecular complexity index is 427. The van der Waals surface area contributed by atoms with Crippen LogP contribution in [0.5, 0.6) is 0 Å². The van der Waals surface area contributed by atoms with Gasteiger partial charge in [-0.2, -0.15) is 0 Å². The summed E-state index contributed by atoms with van der Waals surface area (Å²) in [6.45, 7) is 2.93. The molecule has 1 aliphatic carbocycles. The Balaban J connectivity index is 2.04. The van der Waals surface area contributed by atoms with Crippen molar-refractivity contribution in [3.8, 4) is 0 Å². The van der Waals surface area contributed by atoms with E-state index in [0.717, 1.165) is 32.1 Å². The van der Waals surface area contributed by atoms with Gasteiger partial charge in [0.05, 0.1) is 24.3 Å². The highest BCUT2D eigenvalue weighted by Gasteiger charge is 2.37. The Morgan fingerprint density at radius 1 is 0.690 bits per heavy atom. The second-order valence-corrected chi connectivity index (χ2v) is 8.79. The summed E-state index contributed by atoms with van der Waals surface area (Å²) in [6, 6.07) is 0. The zero-order valence-corrected chi connectivity index (χ0v) is 19.4. The first kappa shape index (κ1) is 26.3. The maximum absolute atomic E-state index is 12.4. The molecule has 1 saturated carbocycles. The highest BCUT2D eigenvalue weighted by Crippen LogP contribution is 2.32. The monoisotopic (exact) mass is 430 g/mol. The second kappa shape index (κ2) is 18.0. The predicted molar refractivity (Wildman–Crippen MR) is 119 cm³/mol. The van der Waals surface area contributed by atoms with Crippen LogP contribution in [0.2, 0.25) is 0 Å². The molecule has 4 nitrogen and oxygen atoms in total. The molecule has 0 amide bonds. The van der Waals surface area contributed by atoms with Crippen LogP contribution < -0.4 is 0 Å². The first-order chi connectivity index (χ1) is 14.2. The van der Waals surface area contributed by atoms with Gasteiger partial charge in [-0.05, 0) is 19.3 Å². The maximum atomic E-state index is 12.4. The molecule has 2 unspecified atom stereocenters. The Kier molecular flexibility index (Phi) is 16.3. The lowest BCUT2D eigenvalue weighted by atomic mass is 9.79. The third kappa shape index (κ3) is 12.5. The number of hydrogen-bond acceptors (Lipinski definition) is 4. The number of rotatable bonds is 17. The van der Waals surface area contributed by atoms with E-state index in [2.05, 4.69) is 6.92 Å². The van der Waals surface area contributed by atoms with E-state index < -0.39 is 0 Å². The van der Waals surface area contributed by atoms with Crippen LogP contribution in [0.3, 0.4) is 0 Å². The zero-order chi connectivity index (χ0) is 21.2. The average Bonchev–Trinajstić information content (AvgIpc) is 2.75. The van der Waals surface area contributed by atoms with E-state index in [0.29, 0.717) is 13.0 Å². The molecule has 1 aliphatic rings. The number of halogens is 1. The number of hydrogen-bond donors (Lipinski definition) is 0. The van der Waals surface area contributed by atoms with Crippen molar-refractivity contribution in [1.29, 1.82) is 0 Å². The Morgan fingerprint density at radius 3 is 1.55 bits per heavy atom. The lowest BCUT2D eigenvalue weighted by Gasteiger charge is -2.28. The average molecular weight is 431 g/mol. The number of esters is 2. The van der Waals surface area contributed by atoms with Crippen LogP contribution in [-0.4, -0.2) is 31.0 Å². The summed E-state index contributed by atoms with van der Waals surface area (Å²) in [5.74, 6) is -0.935. The summed E-state index contributed by atoms with van der Waals surface area (Å²) in [5, 5.41) is 0. The third-order valence-corrected chi connectivity index (χ3v) is 6.09. The van der Waals surface area contributed by atoms with E-state index in [1.165, 1.54) is 64.2 Å². The van der Waals surface area contributed by atoms with Gasteiger partial charge in [-0.1, -0.05) is 90.4 Å². The standard InChI is InChI=1S/C24H43ClO4/c1-2-3-4-5-6-7-8-9-10-11-12-15-19-28-23(26)21-16-13-14-17-22(21)24(27)29-20-18-25/h21-22H,2-20H2,1H3. The smallest absolute Gasteiger partial charge is 0.309 e. The van der Waals surface area contributed by atoms with Gasteiger partial charge in [0, 0.05) is 0 Å². The van der Waals surface area contributed by atoms with Crippen molar-refractivity contribution in [2.45, 2.75) is 110 Å². The molecule has 0 aromatic rings. The van der Waals surface area contributed by atoms with Crippen molar-refractivity contribution in [2.24, 2.45) is 11.8 Å². The minimum absolute atomic E-state index is 0.206. The molecule has 0 saturated heterocycles. The van der Waals surface area contributed by atoms with Crippen LogP contribution >= 0.6 is 11.6 Å². The van der Waals surface area contributed by atoms with Gasteiger partial charge in [0.25, 0.3) is 0 Å². The number of alkyl halides is 1. The fraction of sp³-hybridized carbons (Fsp3) is 0.917. The molecular formula is C24H43ClO4. The van der Waals surface area contributed by atoms with Crippen molar-refractivity contribution in [2.75, 3.05) is 19.1 Å². The number of carbonyl (C=O) groups is 2. The normalized spacial score (nSPS) is 19.1. The summed E-state index contributed by atoms with van der Waals surface area (Å²) < 4.78 is 10.6. The van der Waals surface area contributed by atoms with Crippen molar-refractivity contribution >= 4 is 23.5 Å².